The lowest BCUT2D eigenvalue weighted by Crippen LogP contribution is -2.58. The van der Waals surface area contributed by atoms with Gasteiger partial charge in [0.15, 0.2) is 0 Å². The SMILES string of the molecule is Cc1ncsc1-c1ccc(CNC(=O)[C@@H]2C[C@@H](O)CN2C(=O)[C@@H](NC(=O)COCCCCCn2cc(COc3ccc(COC(=O)N[C@@H](CC(C)C)C(=O)N[C@H](C=O)C[C@@H]4CCNC4=O)cc3)nn2)C(C)(C)C)cc1. The van der Waals surface area contributed by atoms with Crippen LogP contribution in [0.4, 0.5) is 4.79 Å². The van der Waals surface area contributed by atoms with Crippen LogP contribution < -0.4 is 31.3 Å². The number of likely N-dealkylation sites (tertiary alicyclic amines) is 1. The predicted molar refractivity (Wildman–Crippen MR) is 277 cm³/mol. The molecule has 21 nitrogen and oxygen atoms in total. The highest BCUT2D eigenvalue weighted by molar-refractivity contribution is 7.13. The Kier molecular flexibility index (Phi) is 21.2. The fraction of sp³-hybridized carbons (Fsp3) is 0.547. The zero-order valence-corrected chi connectivity index (χ0v) is 44.5. The van der Waals surface area contributed by atoms with Crippen molar-refractivity contribution in [2.75, 3.05) is 26.3 Å². The summed E-state index contributed by atoms with van der Waals surface area (Å²) >= 11 is 1.57. The highest BCUT2D eigenvalue weighted by Gasteiger charge is 2.44. The van der Waals surface area contributed by atoms with Crippen molar-refractivity contribution < 1.29 is 52.9 Å². The highest BCUT2D eigenvalue weighted by Crippen LogP contribution is 2.29. The van der Waals surface area contributed by atoms with E-state index < -0.39 is 59.5 Å². The average molecular weight is 1060 g/mol. The normalized spacial score (nSPS) is 17.7. The Bertz CT molecular complexity index is 2550. The Morgan fingerprint density at radius 3 is 2.39 bits per heavy atom. The van der Waals surface area contributed by atoms with Gasteiger partial charge in [0.1, 0.15) is 55.7 Å². The van der Waals surface area contributed by atoms with Crippen LogP contribution in [0.15, 0.2) is 60.2 Å². The number of carbonyl (C=O) groups is 7. The number of aromatic nitrogens is 4. The van der Waals surface area contributed by atoms with E-state index in [0.717, 1.165) is 34.5 Å². The van der Waals surface area contributed by atoms with Crippen LogP contribution in [0.5, 0.6) is 5.75 Å². The molecule has 4 aromatic rings. The number of hydrogen-bond acceptors (Lipinski definition) is 15. The van der Waals surface area contributed by atoms with Crippen LogP contribution in [-0.4, -0.2) is 128 Å². The molecule has 4 heterocycles. The fourth-order valence-electron chi connectivity index (χ4n) is 8.80. The van der Waals surface area contributed by atoms with E-state index in [4.69, 9.17) is 14.2 Å². The molecule has 2 aliphatic heterocycles. The number of carbonyl (C=O) groups excluding carboxylic acids is 7. The number of hydrogen-bond donors (Lipinski definition) is 6. The number of rotatable bonds is 27. The molecule has 0 bridgehead atoms. The number of β-amino-alcohol motifs (C(OH)–C–C–N with tert-alkyl or cyclic N) is 1. The third-order valence-corrected chi connectivity index (χ3v) is 13.9. The number of aliphatic hydroxyl groups excluding tert-OH is 1. The molecular formula is C53H72N10O11S. The van der Waals surface area contributed by atoms with Crippen molar-refractivity contribution >= 4 is 53.3 Å². The number of amides is 6. The van der Waals surface area contributed by atoms with Crippen LogP contribution in [0.3, 0.4) is 0 Å². The minimum absolute atomic E-state index is 0.0226. The van der Waals surface area contributed by atoms with E-state index in [1.54, 1.807) is 52.0 Å². The molecule has 6 atom stereocenters. The van der Waals surface area contributed by atoms with Gasteiger partial charge in [0.2, 0.25) is 29.5 Å². The second-order valence-electron chi connectivity index (χ2n) is 20.6. The number of alkyl carbamates (subject to hydrolysis) is 1. The zero-order chi connectivity index (χ0) is 54.1. The molecule has 0 radical (unpaired) electrons. The molecule has 0 saturated carbocycles. The molecule has 2 fully saturated rings. The van der Waals surface area contributed by atoms with Crippen molar-refractivity contribution in [2.45, 2.75) is 143 Å². The fourth-order valence-corrected chi connectivity index (χ4v) is 9.61. The second-order valence-corrected chi connectivity index (χ2v) is 21.5. The van der Waals surface area contributed by atoms with Gasteiger partial charge in [-0.15, -0.1) is 16.4 Å². The maximum absolute atomic E-state index is 14.0. The van der Waals surface area contributed by atoms with Gasteiger partial charge in [0.25, 0.3) is 0 Å². The zero-order valence-electron chi connectivity index (χ0n) is 43.7. The molecule has 2 aliphatic rings. The smallest absolute Gasteiger partial charge is 0.408 e. The number of thiazole rings is 1. The summed E-state index contributed by atoms with van der Waals surface area (Å²) in [6.07, 6.45) is 4.19. The number of aldehydes is 1. The minimum Gasteiger partial charge on any atom is -0.487 e. The van der Waals surface area contributed by atoms with E-state index in [-0.39, 0.29) is 69.4 Å². The molecule has 0 unspecified atom stereocenters. The number of nitrogens with one attached hydrogen (secondary N) is 5. The van der Waals surface area contributed by atoms with Crippen LogP contribution in [0.2, 0.25) is 0 Å². The summed E-state index contributed by atoms with van der Waals surface area (Å²) in [4.78, 5) is 96.8. The van der Waals surface area contributed by atoms with Crippen molar-refractivity contribution in [3.05, 3.63) is 82.8 Å². The van der Waals surface area contributed by atoms with Crippen molar-refractivity contribution in [3.63, 3.8) is 0 Å². The monoisotopic (exact) mass is 1060 g/mol. The van der Waals surface area contributed by atoms with Gasteiger partial charge < -0.3 is 55.6 Å². The van der Waals surface area contributed by atoms with Crippen LogP contribution in [0.25, 0.3) is 10.4 Å². The number of nitrogens with zero attached hydrogens (tertiary/aromatic N) is 5. The summed E-state index contributed by atoms with van der Waals surface area (Å²) in [5, 5.41) is 32.7. The van der Waals surface area contributed by atoms with Crippen LogP contribution in [-0.2, 0) is 64.5 Å². The number of ether oxygens (including phenoxy) is 3. The largest absolute Gasteiger partial charge is 0.487 e. The summed E-state index contributed by atoms with van der Waals surface area (Å²) in [5.41, 5.74) is 5.30. The summed E-state index contributed by atoms with van der Waals surface area (Å²) in [6.45, 7) is 12.8. The van der Waals surface area contributed by atoms with E-state index >= 15 is 0 Å². The quantitative estimate of drug-likeness (QED) is 0.0362. The van der Waals surface area contributed by atoms with Gasteiger partial charge in [-0.05, 0) is 85.6 Å². The minimum atomic E-state index is -0.965. The number of aliphatic hydroxyl groups is 1. The van der Waals surface area contributed by atoms with Crippen LogP contribution >= 0.6 is 11.3 Å². The molecule has 406 valence electrons. The van der Waals surface area contributed by atoms with Crippen molar-refractivity contribution in [1.29, 1.82) is 0 Å². The van der Waals surface area contributed by atoms with Gasteiger partial charge in [-0.2, -0.15) is 0 Å². The number of benzene rings is 2. The first-order chi connectivity index (χ1) is 35.9. The third kappa shape index (κ3) is 17.7. The van der Waals surface area contributed by atoms with Gasteiger partial charge in [-0.25, -0.2) is 9.78 Å². The predicted octanol–water partition coefficient (Wildman–Crippen LogP) is 4.14. The average Bonchev–Trinajstić information content (AvgIpc) is 4.21. The van der Waals surface area contributed by atoms with Crippen molar-refractivity contribution in [3.8, 4) is 16.2 Å². The number of unbranched alkanes of at least 4 members (excludes halogenated alkanes) is 2. The molecule has 22 heteroatoms. The first-order valence-electron chi connectivity index (χ1n) is 25.6. The lowest BCUT2D eigenvalue weighted by atomic mass is 9.85. The van der Waals surface area contributed by atoms with Crippen molar-refractivity contribution in [1.82, 2.24) is 51.5 Å². The standard InChI is InChI=1S/C53H72N10O11S/c1-33(2)22-43(49(68)57-39(28-64)23-38-18-19-54-48(38)67)58-52(71)74-29-36-12-16-42(17-13-36)73-30-40-26-62(61-60-40)20-8-7-9-21-72-31-45(66)59-47(53(4,5)6)51(70)63-27-41(65)24-44(63)50(69)55-25-35-10-14-37(15-11-35)46-34(3)56-32-75-46/h10-17,26,28,32-33,38-39,41,43-44,47,65H,7-9,18-25,27,29-31H2,1-6H3,(H,54,67)(H,55,69)(H,57,68)(H,58,71)(H,59,66)/t38-,39-,41+,43-,44-,47+/m0/s1. The lowest BCUT2D eigenvalue weighted by molar-refractivity contribution is -0.144. The summed E-state index contributed by atoms with van der Waals surface area (Å²) < 4.78 is 18.7. The summed E-state index contributed by atoms with van der Waals surface area (Å²) in [7, 11) is 0. The van der Waals surface area contributed by atoms with E-state index in [9.17, 15) is 38.7 Å². The Hall–Kier alpha value is -6.78. The van der Waals surface area contributed by atoms with E-state index in [1.165, 1.54) is 4.90 Å². The molecule has 2 aromatic carbocycles. The Balaban J connectivity index is 0.844. The molecule has 2 aromatic heterocycles. The highest BCUT2D eigenvalue weighted by atomic mass is 32.1. The van der Waals surface area contributed by atoms with E-state index in [0.29, 0.717) is 62.3 Å². The summed E-state index contributed by atoms with van der Waals surface area (Å²) in [6, 6.07) is 11.2. The number of aryl methyl sites for hydroxylation is 2. The lowest BCUT2D eigenvalue weighted by Gasteiger charge is -2.35. The molecule has 75 heavy (non-hydrogen) atoms. The molecule has 0 spiro atoms. The molecule has 2 saturated heterocycles. The summed E-state index contributed by atoms with van der Waals surface area (Å²) in [5.74, 6) is -1.69. The second kappa shape index (κ2) is 27.7. The van der Waals surface area contributed by atoms with Gasteiger partial charge >= 0.3 is 6.09 Å². The van der Waals surface area contributed by atoms with Crippen LogP contribution in [0.1, 0.15) is 102 Å². The van der Waals surface area contributed by atoms with Gasteiger partial charge in [0.05, 0.1) is 34.4 Å². The Morgan fingerprint density at radius 1 is 0.973 bits per heavy atom. The maximum Gasteiger partial charge on any atom is 0.408 e. The third-order valence-electron chi connectivity index (χ3n) is 12.9. The van der Waals surface area contributed by atoms with Gasteiger partial charge in [-0.1, -0.05) is 76.2 Å². The molecular weight excluding hydrogens is 985 g/mol. The first kappa shape index (κ1) is 57.5. The molecule has 6 rings (SSSR count). The van der Waals surface area contributed by atoms with Gasteiger partial charge in [0, 0.05) is 45.1 Å². The molecule has 6 N–H and O–H groups in total. The maximum atomic E-state index is 14.0. The van der Waals surface area contributed by atoms with Gasteiger partial charge in [-0.3, -0.25) is 28.7 Å². The molecule has 0 aliphatic carbocycles. The van der Waals surface area contributed by atoms with Crippen molar-refractivity contribution in [2.24, 2.45) is 17.3 Å². The van der Waals surface area contributed by atoms with Crippen LogP contribution in [0, 0.1) is 24.2 Å². The molecule has 6 amide bonds. The van der Waals surface area contributed by atoms with E-state index in [1.807, 2.05) is 65.8 Å². The Labute approximate surface area is 441 Å². The first-order valence-corrected chi connectivity index (χ1v) is 26.4. The topological polar surface area (TPSA) is 274 Å². The van der Waals surface area contributed by atoms with E-state index in [2.05, 4.69) is 41.9 Å². The Morgan fingerprint density at radius 2 is 1.72 bits per heavy atom.